The standard InChI is InChI=1S/C19H18BF4NO5S/c20-11-4-10(19(22,23)24)5-13(6-11)31(28,29)25-16-3-1-2-14-15(16)7-12(21)8-17(14)30-9-18(26)27/h4-8,16,25H,1-3,9,20H2,(H,26,27). The van der Waals surface area contributed by atoms with E-state index < -0.39 is 51.1 Å². The van der Waals surface area contributed by atoms with Gasteiger partial charge in [-0.05, 0) is 48.6 Å². The first kappa shape index (κ1) is 23.1. The van der Waals surface area contributed by atoms with Crippen molar-refractivity contribution in [3.05, 3.63) is 52.8 Å². The van der Waals surface area contributed by atoms with E-state index in [1.165, 1.54) is 7.85 Å². The van der Waals surface area contributed by atoms with E-state index in [0.29, 0.717) is 24.5 Å². The predicted octanol–water partition coefficient (Wildman–Crippen LogP) is 1.92. The van der Waals surface area contributed by atoms with Crippen LogP contribution in [0, 0.1) is 5.82 Å². The monoisotopic (exact) mass is 459 g/mol. The lowest BCUT2D eigenvalue weighted by Crippen LogP contribution is -2.32. The SMILES string of the molecule is Bc1cc(C(F)(F)F)cc(S(=O)(=O)NC2CCCc3c(OCC(=O)O)cc(F)cc32)c1. The van der Waals surface area contributed by atoms with Gasteiger partial charge in [-0.3, -0.25) is 0 Å². The number of carboxylic acid groups (broad SMARTS) is 1. The number of carbonyl (C=O) groups is 1. The van der Waals surface area contributed by atoms with E-state index in [9.17, 15) is 30.8 Å². The molecule has 1 atom stereocenters. The van der Waals surface area contributed by atoms with Crippen LogP contribution in [0.25, 0.3) is 0 Å². The summed E-state index contributed by atoms with van der Waals surface area (Å²) in [5, 5.41) is 8.79. The van der Waals surface area contributed by atoms with Gasteiger partial charge >= 0.3 is 12.1 Å². The third kappa shape index (κ3) is 5.37. The predicted molar refractivity (Wildman–Crippen MR) is 105 cm³/mol. The minimum Gasteiger partial charge on any atom is -0.482 e. The van der Waals surface area contributed by atoms with Gasteiger partial charge in [0.1, 0.15) is 19.4 Å². The largest absolute Gasteiger partial charge is 0.482 e. The van der Waals surface area contributed by atoms with Gasteiger partial charge in [-0.2, -0.15) is 13.2 Å². The van der Waals surface area contributed by atoms with Crippen molar-refractivity contribution in [2.45, 2.75) is 36.4 Å². The summed E-state index contributed by atoms with van der Waals surface area (Å²) in [7, 11) is -3.01. The fraction of sp³-hybridized carbons (Fsp3) is 0.316. The molecule has 1 unspecified atom stereocenters. The smallest absolute Gasteiger partial charge is 0.416 e. The lowest BCUT2D eigenvalue weighted by atomic mass is 9.87. The molecule has 0 fully saturated rings. The summed E-state index contributed by atoms with van der Waals surface area (Å²) in [5.41, 5.74) is -0.247. The minimum atomic E-state index is -4.72. The van der Waals surface area contributed by atoms with E-state index >= 15 is 0 Å². The second kappa shape index (κ2) is 8.50. The topological polar surface area (TPSA) is 92.7 Å². The van der Waals surface area contributed by atoms with Crippen molar-refractivity contribution >= 4 is 29.3 Å². The van der Waals surface area contributed by atoms with Gasteiger partial charge in [0.25, 0.3) is 0 Å². The van der Waals surface area contributed by atoms with Crippen LogP contribution in [-0.4, -0.2) is 33.9 Å². The number of carboxylic acids is 1. The van der Waals surface area contributed by atoms with Crippen LogP contribution in [0.3, 0.4) is 0 Å². The van der Waals surface area contributed by atoms with Crippen LogP contribution < -0.4 is 14.9 Å². The third-order valence-corrected chi connectivity index (χ3v) is 6.29. The van der Waals surface area contributed by atoms with Crippen LogP contribution in [0.1, 0.15) is 35.6 Å². The molecule has 0 aromatic heterocycles. The van der Waals surface area contributed by atoms with Crippen molar-refractivity contribution < 1.29 is 40.6 Å². The van der Waals surface area contributed by atoms with Crippen LogP contribution in [0.2, 0.25) is 0 Å². The number of rotatable bonds is 6. The molecule has 2 aromatic carbocycles. The zero-order valence-corrected chi connectivity index (χ0v) is 17.1. The van der Waals surface area contributed by atoms with Crippen LogP contribution in [-0.2, 0) is 27.4 Å². The van der Waals surface area contributed by atoms with Crippen LogP contribution >= 0.6 is 0 Å². The molecule has 3 rings (SSSR count). The Bertz CT molecular complexity index is 1120. The Morgan fingerprint density at radius 3 is 2.58 bits per heavy atom. The average Bonchev–Trinajstić information content (AvgIpc) is 2.65. The second-order valence-electron chi connectivity index (χ2n) is 7.25. The number of fused-ring (bicyclic) bond motifs is 1. The third-order valence-electron chi connectivity index (χ3n) is 4.84. The number of benzene rings is 2. The molecule has 0 saturated carbocycles. The lowest BCUT2D eigenvalue weighted by Gasteiger charge is -2.28. The maximum atomic E-state index is 14.1. The number of alkyl halides is 3. The van der Waals surface area contributed by atoms with Crippen molar-refractivity contribution in [2.75, 3.05) is 6.61 Å². The summed E-state index contributed by atoms with van der Waals surface area (Å²) in [6.45, 7) is -0.699. The second-order valence-corrected chi connectivity index (χ2v) is 8.97. The Morgan fingerprint density at radius 2 is 1.94 bits per heavy atom. The summed E-state index contributed by atoms with van der Waals surface area (Å²) in [6.07, 6.45) is -3.54. The molecule has 6 nitrogen and oxygen atoms in total. The van der Waals surface area contributed by atoms with Crippen molar-refractivity contribution in [1.29, 1.82) is 0 Å². The quantitative estimate of drug-likeness (QED) is 0.509. The Hall–Kier alpha value is -2.60. The number of ether oxygens (including phenoxy) is 1. The zero-order valence-electron chi connectivity index (χ0n) is 16.3. The molecule has 0 heterocycles. The number of halogens is 4. The molecule has 0 radical (unpaired) electrons. The average molecular weight is 459 g/mol. The van der Waals surface area contributed by atoms with Crippen LogP contribution in [0.15, 0.2) is 35.2 Å². The first-order valence-corrected chi connectivity index (χ1v) is 10.7. The lowest BCUT2D eigenvalue weighted by molar-refractivity contribution is -0.139. The Kier molecular flexibility index (Phi) is 6.33. The van der Waals surface area contributed by atoms with Gasteiger partial charge in [0, 0.05) is 12.1 Å². The van der Waals surface area contributed by atoms with Gasteiger partial charge in [0.05, 0.1) is 10.5 Å². The molecule has 1 aliphatic rings. The first-order valence-electron chi connectivity index (χ1n) is 9.25. The number of nitrogens with one attached hydrogen (secondary N) is 1. The van der Waals surface area contributed by atoms with E-state index in [4.69, 9.17) is 9.84 Å². The van der Waals surface area contributed by atoms with Crippen molar-refractivity contribution in [2.24, 2.45) is 0 Å². The molecule has 0 bridgehead atoms. The van der Waals surface area contributed by atoms with Gasteiger partial charge in [-0.15, -0.1) is 0 Å². The maximum Gasteiger partial charge on any atom is 0.416 e. The molecule has 2 N–H and O–H groups in total. The van der Waals surface area contributed by atoms with Crippen LogP contribution in [0.4, 0.5) is 17.6 Å². The molecule has 0 spiro atoms. The van der Waals surface area contributed by atoms with E-state index in [-0.39, 0.29) is 23.2 Å². The number of hydrogen-bond donors (Lipinski definition) is 2. The van der Waals surface area contributed by atoms with E-state index in [1.807, 2.05) is 0 Å². The molecule has 1 aliphatic carbocycles. The molecule has 0 aliphatic heterocycles. The summed E-state index contributed by atoms with van der Waals surface area (Å²) in [4.78, 5) is 10.2. The Morgan fingerprint density at radius 1 is 1.23 bits per heavy atom. The summed E-state index contributed by atoms with van der Waals surface area (Å²) in [6, 6.07) is 3.74. The molecule has 0 saturated heterocycles. The van der Waals surface area contributed by atoms with E-state index in [0.717, 1.165) is 24.3 Å². The van der Waals surface area contributed by atoms with Crippen LogP contribution in [0.5, 0.6) is 5.75 Å². The Labute approximate surface area is 176 Å². The number of aliphatic carboxylic acids is 1. The Balaban J connectivity index is 1.96. The maximum absolute atomic E-state index is 14.1. The fourth-order valence-electron chi connectivity index (χ4n) is 3.56. The number of sulfonamides is 1. The van der Waals surface area contributed by atoms with Crippen molar-refractivity contribution in [3.63, 3.8) is 0 Å². The molecule has 31 heavy (non-hydrogen) atoms. The van der Waals surface area contributed by atoms with Gasteiger partial charge in [0.15, 0.2) is 6.61 Å². The highest BCUT2D eigenvalue weighted by Gasteiger charge is 2.33. The number of hydrogen-bond acceptors (Lipinski definition) is 4. The van der Waals surface area contributed by atoms with Gasteiger partial charge in [-0.25, -0.2) is 22.3 Å². The highest BCUT2D eigenvalue weighted by atomic mass is 32.2. The first-order chi connectivity index (χ1) is 14.4. The molecule has 2 aromatic rings. The fourth-order valence-corrected chi connectivity index (χ4v) is 4.94. The molecular weight excluding hydrogens is 441 g/mol. The highest BCUT2D eigenvalue weighted by molar-refractivity contribution is 7.89. The summed E-state index contributed by atoms with van der Waals surface area (Å²) in [5.74, 6) is -2.01. The molecule has 12 heteroatoms. The summed E-state index contributed by atoms with van der Waals surface area (Å²) >= 11 is 0. The van der Waals surface area contributed by atoms with Gasteiger partial charge < -0.3 is 9.84 Å². The van der Waals surface area contributed by atoms with Crippen molar-refractivity contribution in [3.8, 4) is 5.75 Å². The molecule has 166 valence electrons. The summed E-state index contributed by atoms with van der Waals surface area (Å²) < 4.78 is 86.6. The van der Waals surface area contributed by atoms with E-state index in [2.05, 4.69) is 4.72 Å². The van der Waals surface area contributed by atoms with Gasteiger partial charge in [0.2, 0.25) is 10.0 Å². The highest BCUT2D eigenvalue weighted by Crippen LogP contribution is 2.37. The minimum absolute atomic E-state index is 0.00351. The normalized spacial score (nSPS) is 16.6. The van der Waals surface area contributed by atoms with Gasteiger partial charge in [-0.1, -0.05) is 11.5 Å². The molecular formula is C19H18BF4NO5S. The molecule has 0 amide bonds. The van der Waals surface area contributed by atoms with Crippen molar-refractivity contribution in [1.82, 2.24) is 4.72 Å². The zero-order chi connectivity index (χ0) is 23.0. The van der Waals surface area contributed by atoms with E-state index in [1.54, 1.807) is 0 Å².